The van der Waals surface area contributed by atoms with Crippen LogP contribution in [0.25, 0.3) is 11.4 Å². The standard InChI is InChI=1S/C13H18N6O2/c1-18-8-10(7-14-18)11-15-16-17-19(11)9-13(12(20)21)5-3-2-4-6-13/h7-8H,2-6,9H2,1H3,(H,20,21). The van der Waals surface area contributed by atoms with Crippen LogP contribution in [-0.4, -0.2) is 41.1 Å². The Kier molecular flexibility index (Phi) is 3.44. The molecule has 0 bridgehead atoms. The van der Waals surface area contributed by atoms with Crippen LogP contribution in [-0.2, 0) is 18.4 Å². The Balaban J connectivity index is 1.91. The fourth-order valence-corrected chi connectivity index (χ4v) is 3.01. The molecule has 0 unspecified atom stereocenters. The molecule has 2 aromatic heterocycles. The minimum absolute atomic E-state index is 0.305. The van der Waals surface area contributed by atoms with Crippen LogP contribution in [0, 0.1) is 5.41 Å². The second-order valence-electron chi connectivity index (χ2n) is 5.71. The molecule has 112 valence electrons. The van der Waals surface area contributed by atoms with Crippen LogP contribution in [0.15, 0.2) is 12.4 Å². The molecule has 8 heteroatoms. The molecule has 3 rings (SSSR count). The molecule has 1 aliphatic rings. The normalized spacial score (nSPS) is 17.8. The minimum atomic E-state index is -0.759. The smallest absolute Gasteiger partial charge is 0.311 e. The molecule has 0 spiro atoms. The summed E-state index contributed by atoms with van der Waals surface area (Å²) in [6, 6.07) is 0. The molecule has 2 aromatic rings. The van der Waals surface area contributed by atoms with Crippen molar-refractivity contribution < 1.29 is 9.90 Å². The van der Waals surface area contributed by atoms with Crippen molar-refractivity contribution in [2.45, 2.75) is 38.6 Å². The molecular weight excluding hydrogens is 272 g/mol. The van der Waals surface area contributed by atoms with E-state index in [9.17, 15) is 9.90 Å². The van der Waals surface area contributed by atoms with E-state index in [1.54, 1.807) is 15.6 Å². The summed E-state index contributed by atoms with van der Waals surface area (Å²) in [6.45, 7) is 0.305. The van der Waals surface area contributed by atoms with Gasteiger partial charge in [-0.05, 0) is 23.3 Å². The van der Waals surface area contributed by atoms with Crippen molar-refractivity contribution in [3.63, 3.8) is 0 Å². The van der Waals surface area contributed by atoms with E-state index >= 15 is 0 Å². The van der Waals surface area contributed by atoms with Crippen LogP contribution in [0.2, 0.25) is 0 Å². The highest BCUT2D eigenvalue weighted by atomic mass is 16.4. The number of hydrogen-bond donors (Lipinski definition) is 1. The maximum Gasteiger partial charge on any atom is 0.311 e. The van der Waals surface area contributed by atoms with E-state index in [1.807, 2.05) is 13.2 Å². The van der Waals surface area contributed by atoms with Crippen molar-refractivity contribution >= 4 is 5.97 Å². The molecule has 2 heterocycles. The van der Waals surface area contributed by atoms with Gasteiger partial charge in [-0.3, -0.25) is 9.48 Å². The number of rotatable bonds is 4. The lowest BCUT2D eigenvalue weighted by Gasteiger charge is -2.32. The molecule has 0 atom stereocenters. The van der Waals surface area contributed by atoms with Crippen LogP contribution in [0.4, 0.5) is 0 Å². The number of hydrogen-bond acceptors (Lipinski definition) is 5. The molecule has 21 heavy (non-hydrogen) atoms. The molecule has 1 aliphatic carbocycles. The molecule has 0 aromatic carbocycles. The van der Waals surface area contributed by atoms with Gasteiger partial charge in [-0.1, -0.05) is 19.3 Å². The predicted molar refractivity (Wildman–Crippen MR) is 73.2 cm³/mol. The van der Waals surface area contributed by atoms with Crippen LogP contribution < -0.4 is 0 Å². The highest BCUT2D eigenvalue weighted by Crippen LogP contribution is 2.38. The van der Waals surface area contributed by atoms with Gasteiger partial charge < -0.3 is 5.11 Å². The lowest BCUT2D eigenvalue weighted by atomic mass is 9.74. The summed E-state index contributed by atoms with van der Waals surface area (Å²) in [7, 11) is 1.82. The van der Waals surface area contributed by atoms with Gasteiger partial charge >= 0.3 is 5.97 Å². The monoisotopic (exact) mass is 290 g/mol. The topological polar surface area (TPSA) is 98.7 Å². The number of carboxylic acid groups (broad SMARTS) is 1. The first kappa shape index (κ1) is 13.7. The van der Waals surface area contributed by atoms with Crippen molar-refractivity contribution in [3.8, 4) is 11.4 Å². The Bertz CT molecular complexity index is 641. The van der Waals surface area contributed by atoms with Gasteiger partial charge in [-0.2, -0.15) is 5.10 Å². The Hall–Kier alpha value is -2.25. The quantitative estimate of drug-likeness (QED) is 0.905. The Labute approximate surface area is 121 Å². The highest BCUT2D eigenvalue weighted by Gasteiger charge is 2.41. The number of carboxylic acids is 1. The summed E-state index contributed by atoms with van der Waals surface area (Å²) in [5.41, 5.74) is 0.0313. The number of aromatic nitrogens is 6. The molecule has 0 radical (unpaired) electrons. The first-order chi connectivity index (χ1) is 10.1. The van der Waals surface area contributed by atoms with Crippen molar-refractivity contribution in [3.05, 3.63) is 12.4 Å². The van der Waals surface area contributed by atoms with Gasteiger partial charge in [0.15, 0.2) is 5.82 Å². The second-order valence-corrected chi connectivity index (χ2v) is 5.71. The number of aliphatic carboxylic acids is 1. The number of carbonyl (C=O) groups is 1. The van der Waals surface area contributed by atoms with E-state index in [-0.39, 0.29) is 0 Å². The van der Waals surface area contributed by atoms with Gasteiger partial charge in [0.2, 0.25) is 0 Å². The number of aryl methyl sites for hydroxylation is 1. The van der Waals surface area contributed by atoms with Crippen LogP contribution >= 0.6 is 0 Å². The van der Waals surface area contributed by atoms with Crippen LogP contribution in [0.5, 0.6) is 0 Å². The van der Waals surface area contributed by atoms with Crippen molar-refractivity contribution in [1.29, 1.82) is 0 Å². The molecule has 0 aliphatic heterocycles. The summed E-state index contributed by atoms with van der Waals surface area (Å²) < 4.78 is 3.26. The van der Waals surface area contributed by atoms with Gasteiger partial charge in [-0.15, -0.1) is 5.10 Å². The van der Waals surface area contributed by atoms with E-state index < -0.39 is 11.4 Å². The van der Waals surface area contributed by atoms with E-state index in [0.29, 0.717) is 25.2 Å². The SMILES string of the molecule is Cn1cc(-c2nnnn2CC2(C(=O)O)CCCCC2)cn1. The third-order valence-corrected chi connectivity index (χ3v) is 4.21. The Morgan fingerprint density at radius 1 is 1.38 bits per heavy atom. The van der Waals surface area contributed by atoms with E-state index in [4.69, 9.17) is 0 Å². The van der Waals surface area contributed by atoms with Crippen molar-refractivity contribution in [1.82, 2.24) is 30.0 Å². The van der Waals surface area contributed by atoms with Crippen molar-refractivity contribution in [2.24, 2.45) is 12.5 Å². The summed E-state index contributed by atoms with van der Waals surface area (Å²) in [5, 5.41) is 25.4. The van der Waals surface area contributed by atoms with Gasteiger partial charge in [0, 0.05) is 13.2 Å². The second kappa shape index (κ2) is 5.27. The van der Waals surface area contributed by atoms with Crippen LogP contribution in [0.3, 0.4) is 0 Å². The zero-order chi connectivity index (χ0) is 14.9. The maximum atomic E-state index is 11.8. The largest absolute Gasteiger partial charge is 0.481 e. The first-order valence-corrected chi connectivity index (χ1v) is 7.09. The van der Waals surface area contributed by atoms with Gasteiger partial charge in [0.05, 0.1) is 23.7 Å². The Morgan fingerprint density at radius 3 is 2.76 bits per heavy atom. The van der Waals surface area contributed by atoms with Gasteiger partial charge in [-0.25, -0.2) is 4.68 Å². The fourth-order valence-electron chi connectivity index (χ4n) is 3.01. The van der Waals surface area contributed by atoms with Gasteiger partial charge in [0.1, 0.15) is 0 Å². The lowest BCUT2D eigenvalue weighted by molar-refractivity contribution is -0.152. The zero-order valence-electron chi connectivity index (χ0n) is 11.9. The average molecular weight is 290 g/mol. The van der Waals surface area contributed by atoms with Crippen molar-refractivity contribution in [2.75, 3.05) is 0 Å². The third kappa shape index (κ3) is 2.53. The first-order valence-electron chi connectivity index (χ1n) is 7.09. The molecule has 1 N–H and O–H groups in total. The lowest BCUT2D eigenvalue weighted by Crippen LogP contribution is -2.38. The predicted octanol–water partition coefficient (Wildman–Crippen LogP) is 1.11. The summed E-state index contributed by atoms with van der Waals surface area (Å²) in [5.74, 6) is -0.191. The zero-order valence-corrected chi connectivity index (χ0v) is 11.9. The van der Waals surface area contributed by atoms with Crippen LogP contribution in [0.1, 0.15) is 32.1 Å². The minimum Gasteiger partial charge on any atom is -0.481 e. The summed E-state index contributed by atoms with van der Waals surface area (Å²) >= 11 is 0. The molecule has 8 nitrogen and oxygen atoms in total. The van der Waals surface area contributed by atoms with E-state index in [0.717, 1.165) is 24.8 Å². The average Bonchev–Trinajstić information content (AvgIpc) is 3.08. The maximum absolute atomic E-state index is 11.8. The highest BCUT2D eigenvalue weighted by molar-refractivity contribution is 5.74. The molecule has 0 saturated heterocycles. The third-order valence-electron chi connectivity index (χ3n) is 4.21. The van der Waals surface area contributed by atoms with E-state index in [2.05, 4.69) is 20.6 Å². The number of tetrazole rings is 1. The molecule has 0 amide bonds. The summed E-state index contributed by atoms with van der Waals surface area (Å²) in [6.07, 6.45) is 7.82. The molecular formula is C13H18N6O2. The van der Waals surface area contributed by atoms with Gasteiger partial charge in [0.25, 0.3) is 0 Å². The fraction of sp³-hybridized carbons (Fsp3) is 0.615. The molecule has 1 saturated carbocycles. The Morgan fingerprint density at radius 2 is 2.14 bits per heavy atom. The molecule has 1 fully saturated rings. The van der Waals surface area contributed by atoms with E-state index in [1.165, 1.54) is 0 Å². The number of nitrogens with zero attached hydrogens (tertiary/aromatic N) is 6. The summed E-state index contributed by atoms with van der Waals surface area (Å²) in [4.78, 5) is 11.8.